The summed E-state index contributed by atoms with van der Waals surface area (Å²) >= 11 is 0. The topological polar surface area (TPSA) is 32.3 Å². The molecule has 0 aromatic heterocycles. The van der Waals surface area contributed by atoms with Crippen molar-refractivity contribution >= 4 is 11.6 Å². The molecule has 108 valence electrons. The average molecular weight is 272 g/mol. The van der Waals surface area contributed by atoms with Crippen molar-refractivity contribution in [1.29, 1.82) is 0 Å². The van der Waals surface area contributed by atoms with E-state index in [1.807, 2.05) is 24.1 Å². The molecule has 0 atom stereocenters. The molecule has 1 saturated carbocycles. The van der Waals surface area contributed by atoms with Gasteiger partial charge in [0.05, 0.1) is 0 Å². The van der Waals surface area contributed by atoms with Crippen LogP contribution >= 0.6 is 0 Å². The average Bonchev–Trinajstić information content (AvgIpc) is 2.94. The molecule has 1 N–H and O–H groups in total. The maximum atomic E-state index is 12.6. The van der Waals surface area contributed by atoms with E-state index < -0.39 is 0 Å². The fourth-order valence-corrected chi connectivity index (χ4v) is 3.42. The van der Waals surface area contributed by atoms with E-state index in [1.165, 1.54) is 18.4 Å². The first-order valence-electron chi connectivity index (χ1n) is 7.79. The SMILES string of the molecule is CC1CCC(N(C)C(=O)c2ccc3c(c2)NCC3)CC1. The van der Waals surface area contributed by atoms with Gasteiger partial charge in [-0.25, -0.2) is 0 Å². The number of nitrogens with one attached hydrogen (secondary N) is 1. The molecular weight excluding hydrogens is 248 g/mol. The molecule has 1 aliphatic heterocycles. The number of carbonyl (C=O) groups is 1. The first-order valence-corrected chi connectivity index (χ1v) is 7.79. The number of hydrogen-bond acceptors (Lipinski definition) is 2. The third-order valence-electron chi connectivity index (χ3n) is 4.92. The predicted octanol–water partition coefficient (Wildman–Crippen LogP) is 3.31. The van der Waals surface area contributed by atoms with Gasteiger partial charge in [-0.05, 0) is 55.7 Å². The lowest BCUT2D eigenvalue weighted by atomic mass is 9.86. The Hall–Kier alpha value is -1.51. The van der Waals surface area contributed by atoms with Gasteiger partial charge in [-0.2, -0.15) is 0 Å². The molecule has 1 aromatic rings. The smallest absolute Gasteiger partial charge is 0.253 e. The highest BCUT2D eigenvalue weighted by molar-refractivity contribution is 5.95. The van der Waals surface area contributed by atoms with E-state index in [9.17, 15) is 4.79 Å². The van der Waals surface area contributed by atoms with Crippen molar-refractivity contribution in [3.8, 4) is 0 Å². The summed E-state index contributed by atoms with van der Waals surface area (Å²) in [5.41, 5.74) is 3.29. The minimum Gasteiger partial charge on any atom is -0.384 e. The van der Waals surface area contributed by atoms with Crippen molar-refractivity contribution in [2.24, 2.45) is 5.92 Å². The Balaban J connectivity index is 1.72. The van der Waals surface area contributed by atoms with Gasteiger partial charge in [0.2, 0.25) is 0 Å². The molecule has 1 fully saturated rings. The summed E-state index contributed by atoms with van der Waals surface area (Å²) in [6.45, 7) is 3.30. The zero-order chi connectivity index (χ0) is 14.1. The van der Waals surface area contributed by atoms with Crippen LogP contribution in [-0.2, 0) is 6.42 Å². The van der Waals surface area contributed by atoms with E-state index in [1.54, 1.807) is 0 Å². The van der Waals surface area contributed by atoms with Crippen LogP contribution < -0.4 is 5.32 Å². The van der Waals surface area contributed by atoms with Gasteiger partial charge in [-0.3, -0.25) is 4.79 Å². The number of benzene rings is 1. The Kier molecular flexibility index (Phi) is 3.68. The second-order valence-corrected chi connectivity index (χ2v) is 6.38. The van der Waals surface area contributed by atoms with Gasteiger partial charge in [-0.1, -0.05) is 13.0 Å². The summed E-state index contributed by atoms with van der Waals surface area (Å²) in [7, 11) is 1.96. The Morgan fingerprint density at radius 2 is 2.00 bits per heavy atom. The van der Waals surface area contributed by atoms with E-state index in [4.69, 9.17) is 0 Å². The highest BCUT2D eigenvalue weighted by Gasteiger charge is 2.26. The number of carbonyl (C=O) groups excluding carboxylic acids is 1. The normalized spacial score (nSPS) is 24.9. The van der Waals surface area contributed by atoms with Crippen LogP contribution in [0.3, 0.4) is 0 Å². The monoisotopic (exact) mass is 272 g/mol. The van der Waals surface area contributed by atoms with E-state index >= 15 is 0 Å². The van der Waals surface area contributed by atoms with Crippen LogP contribution in [0.1, 0.15) is 48.5 Å². The molecule has 0 saturated heterocycles. The van der Waals surface area contributed by atoms with Gasteiger partial charge in [-0.15, -0.1) is 0 Å². The summed E-state index contributed by atoms with van der Waals surface area (Å²) < 4.78 is 0. The van der Waals surface area contributed by atoms with Crippen LogP contribution in [0.5, 0.6) is 0 Å². The third-order valence-corrected chi connectivity index (χ3v) is 4.92. The minimum absolute atomic E-state index is 0.168. The third kappa shape index (κ3) is 2.54. The van der Waals surface area contributed by atoms with Crippen LogP contribution in [0.2, 0.25) is 0 Å². The van der Waals surface area contributed by atoms with Crippen molar-refractivity contribution in [2.75, 3.05) is 18.9 Å². The fourth-order valence-electron chi connectivity index (χ4n) is 3.42. The van der Waals surface area contributed by atoms with Crippen LogP contribution in [0, 0.1) is 5.92 Å². The number of anilines is 1. The van der Waals surface area contributed by atoms with E-state index in [-0.39, 0.29) is 5.91 Å². The second kappa shape index (κ2) is 5.47. The van der Waals surface area contributed by atoms with Crippen LogP contribution in [-0.4, -0.2) is 30.4 Å². The largest absolute Gasteiger partial charge is 0.384 e. The molecule has 20 heavy (non-hydrogen) atoms. The van der Waals surface area contributed by atoms with Crippen molar-refractivity contribution in [3.63, 3.8) is 0 Å². The Labute approximate surface area is 121 Å². The Morgan fingerprint density at radius 3 is 2.75 bits per heavy atom. The van der Waals surface area contributed by atoms with Gasteiger partial charge in [0.25, 0.3) is 5.91 Å². The van der Waals surface area contributed by atoms with Gasteiger partial charge in [0.1, 0.15) is 0 Å². The fraction of sp³-hybridized carbons (Fsp3) is 0.588. The molecule has 1 aliphatic carbocycles. The Bertz CT molecular complexity index is 504. The van der Waals surface area contributed by atoms with Crippen molar-refractivity contribution < 1.29 is 4.79 Å². The summed E-state index contributed by atoms with van der Waals surface area (Å²) in [5.74, 6) is 0.986. The number of rotatable bonds is 2. The van der Waals surface area contributed by atoms with Gasteiger partial charge in [0, 0.05) is 30.9 Å². The predicted molar refractivity (Wildman–Crippen MR) is 82.1 cm³/mol. The number of amides is 1. The molecule has 1 aromatic carbocycles. The highest BCUT2D eigenvalue weighted by atomic mass is 16.2. The molecule has 3 nitrogen and oxygen atoms in total. The van der Waals surface area contributed by atoms with Crippen LogP contribution in [0.15, 0.2) is 18.2 Å². The second-order valence-electron chi connectivity index (χ2n) is 6.38. The van der Waals surface area contributed by atoms with Gasteiger partial charge in [0.15, 0.2) is 0 Å². The van der Waals surface area contributed by atoms with E-state index in [0.717, 1.165) is 43.0 Å². The van der Waals surface area contributed by atoms with Crippen molar-refractivity contribution in [2.45, 2.75) is 45.1 Å². The molecule has 2 aliphatic rings. The number of fused-ring (bicyclic) bond motifs is 1. The molecule has 1 amide bonds. The van der Waals surface area contributed by atoms with Crippen LogP contribution in [0.25, 0.3) is 0 Å². The summed E-state index contributed by atoms with van der Waals surface area (Å²) in [6, 6.07) is 6.52. The molecule has 0 spiro atoms. The molecule has 0 radical (unpaired) electrons. The first-order chi connectivity index (χ1) is 9.65. The highest BCUT2D eigenvalue weighted by Crippen LogP contribution is 2.28. The minimum atomic E-state index is 0.168. The lowest BCUT2D eigenvalue weighted by Crippen LogP contribution is -2.39. The standard InChI is InChI=1S/C17H24N2O/c1-12-3-7-15(8-4-12)19(2)17(20)14-6-5-13-9-10-18-16(13)11-14/h5-6,11-12,15,18H,3-4,7-10H2,1-2H3. The summed E-state index contributed by atoms with van der Waals surface area (Å²) in [5, 5.41) is 3.35. The molecule has 0 unspecified atom stereocenters. The van der Waals surface area contributed by atoms with Crippen LogP contribution in [0.4, 0.5) is 5.69 Å². The molecule has 3 heteroatoms. The zero-order valence-corrected chi connectivity index (χ0v) is 12.5. The number of nitrogens with zero attached hydrogens (tertiary/aromatic N) is 1. The van der Waals surface area contributed by atoms with Gasteiger partial charge >= 0.3 is 0 Å². The van der Waals surface area contributed by atoms with Gasteiger partial charge < -0.3 is 10.2 Å². The van der Waals surface area contributed by atoms with E-state index in [2.05, 4.69) is 18.3 Å². The van der Waals surface area contributed by atoms with E-state index in [0.29, 0.717) is 6.04 Å². The quantitative estimate of drug-likeness (QED) is 0.896. The lowest BCUT2D eigenvalue weighted by Gasteiger charge is -2.33. The Morgan fingerprint density at radius 1 is 1.25 bits per heavy atom. The zero-order valence-electron chi connectivity index (χ0n) is 12.5. The van der Waals surface area contributed by atoms with Crippen molar-refractivity contribution in [1.82, 2.24) is 4.90 Å². The maximum absolute atomic E-state index is 12.6. The summed E-state index contributed by atoms with van der Waals surface area (Å²) in [6.07, 6.45) is 5.85. The lowest BCUT2D eigenvalue weighted by molar-refractivity contribution is 0.0679. The molecular formula is C17H24N2O. The molecule has 0 bridgehead atoms. The molecule has 1 heterocycles. The summed E-state index contributed by atoms with van der Waals surface area (Å²) in [4.78, 5) is 14.6. The number of hydrogen-bond donors (Lipinski definition) is 1. The first kappa shape index (κ1) is 13.5. The maximum Gasteiger partial charge on any atom is 0.253 e. The van der Waals surface area contributed by atoms with Crippen molar-refractivity contribution in [3.05, 3.63) is 29.3 Å². The molecule has 3 rings (SSSR count).